The maximum Gasteiger partial charge on any atom is 0.263 e. The topological polar surface area (TPSA) is 32.8 Å². The summed E-state index contributed by atoms with van der Waals surface area (Å²) < 4.78 is 5.89. The number of aryl methyl sites for hydroxylation is 1. The number of ether oxygens (including phenoxy) is 1. The number of carbonyl (C=O) groups excluding carboxylic acids is 1. The van der Waals surface area contributed by atoms with Crippen molar-refractivity contribution in [2.75, 3.05) is 26.2 Å². The second-order valence-electron chi connectivity index (χ2n) is 6.85. The molecule has 1 saturated heterocycles. The van der Waals surface area contributed by atoms with Crippen LogP contribution in [0, 0.1) is 0 Å². The molecule has 138 valence electrons. The van der Waals surface area contributed by atoms with E-state index in [9.17, 15) is 4.79 Å². The number of nitrogens with zero attached hydrogens (tertiary/aromatic N) is 2. The third-order valence-corrected chi connectivity index (χ3v) is 4.90. The molecule has 0 saturated carbocycles. The molecule has 2 aromatic carbocycles. The highest BCUT2D eigenvalue weighted by Gasteiger charge is 2.26. The fourth-order valence-corrected chi connectivity index (χ4v) is 3.32. The SMILES string of the molecule is CCc1cccc(OC(C)C(=O)N2CCN(Cc3ccccc3)CC2)c1. The Hall–Kier alpha value is -2.33. The van der Waals surface area contributed by atoms with Crippen LogP contribution in [0.25, 0.3) is 0 Å². The standard InChI is InChI=1S/C22H28N2O2/c1-3-19-10-7-11-21(16-19)26-18(2)22(25)24-14-12-23(13-15-24)17-20-8-5-4-6-9-20/h4-11,16,18H,3,12-15,17H2,1-2H3. The molecule has 3 rings (SSSR count). The molecule has 1 aliphatic rings. The molecule has 1 heterocycles. The van der Waals surface area contributed by atoms with Crippen molar-refractivity contribution in [3.8, 4) is 5.75 Å². The fraction of sp³-hybridized carbons (Fsp3) is 0.409. The summed E-state index contributed by atoms with van der Waals surface area (Å²) in [6.07, 6.45) is 0.505. The lowest BCUT2D eigenvalue weighted by atomic mass is 10.1. The first-order chi connectivity index (χ1) is 12.7. The van der Waals surface area contributed by atoms with E-state index in [4.69, 9.17) is 4.74 Å². The molecule has 1 amide bonds. The molecule has 4 nitrogen and oxygen atoms in total. The zero-order valence-electron chi connectivity index (χ0n) is 15.7. The predicted octanol–water partition coefficient (Wildman–Crippen LogP) is 3.36. The van der Waals surface area contributed by atoms with E-state index in [0.717, 1.165) is 44.9 Å². The highest BCUT2D eigenvalue weighted by molar-refractivity contribution is 5.81. The van der Waals surface area contributed by atoms with E-state index in [2.05, 4.69) is 42.2 Å². The van der Waals surface area contributed by atoms with Crippen LogP contribution in [0.3, 0.4) is 0 Å². The summed E-state index contributed by atoms with van der Waals surface area (Å²) in [6, 6.07) is 18.5. The van der Waals surface area contributed by atoms with Crippen LogP contribution in [0.4, 0.5) is 0 Å². The first-order valence-corrected chi connectivity index (χ1v) is 9.46. The van der Waals surface area contributed by atoms with Crippen LogP contribution < -0.4 is 4.74 Å². The number of hydrogen-bond donors (Lipinski definition) is 0. The molecule has 0 aliphatic carbocycles. The van der Waals surface area contributed by atoms with Crippen LogP contribution in [-0.2, 0) is 17.8 Å². The van der Waals surface area contributed by atoms with Gasteiger partial charge < -0.3 is 9.64 Å². The highest BCUT2D eigenvalue weighted by Crippen LogP contribution is 2.17. The van der Waals surface area contributed by atoms with E-state index in [0.29, 0.717) is 0 Å². The Kier molecular flexibility index (Phi) is 6.29. The normalized spacial score (nSPS) is 16.3. The summed E-state index contributed by atoms with van der Waals surface area (Å²) in [5, 5.41) is 0. The minimum atomic E-state index is -0.456. The van der Waals surface area contributed by atoms with Crippen molar-refractivity contribution in [2.24, 2.45) is 0 Å². The van der Waals surface area contributed by atoms with Gasteiger partial charge >= 0.3 is 0 Å². The fourth-order valence-electron chi connectivity index (χ4n) is 3.32. The van der Waals surface area contributed by atoms with Crippen LogP contribution >= 0.6 is 0 Å². The van der Waals surface area contributed by atoms with Gasteiger partial charge in [0.05, 0.1) is 0 Å². The molecule has 1 unspecified atom stereocenters. The van der Waals surface area contributed by atoms with Gasteiger partial charge in [0.15, 0.2) is 6.10 Å². The first-order valence-electron chi connectivity index (χ1n) is 9.46. The van der Waals surface area contributed by atoms with Crippen molar-refractivity contribution in [3.05, 3.63) is 65.7 Å². The lowest BCUT2D eigenvalue weighted by Gasteiger charge is -2.35. The van der Waals surface area contributed by atoms with Crippen molar-refractivity contribution >= 4 is 5.91 Å². The van der Waals surface area contributed by atoms with Crippen molar-refractivity contribution in [3.63, 3.8) is 0 Å². The summed E-state index contributed by atoms with van der Waals surface area (Å²) in [6.45, 7) is 8.22. The summed E-state index contributed by atoms with van der Waals surface area (Å²) >= 11 is 0. The average Bonchev–Trinajstić information content (AvgIpc) is 2.69. The van der Waals surface area contributed by atoms with E-state index in [1.165, 1.54) is 11.1 Å². The maximum absolute atomic E-state index is 12.7. The van der Waals surface area contributed by atoms with Crippen molar-refractivity contribution < 1.29 is 9.53 Å². The van der Waals surface area contributed by atoms with Crippen LogP contribution in [0.5, 0.6) is 5.75 Å². The van der Waals surface area contributed by atoms with E-state index in [1.807, 2.05) is 36.1 Å². The number of rotatable bonds is 6. The van der Waals surface area contributed by atoms with Gasteiger partial charge in [0.25, 0.3) is 5.91 Å². The summed E-state index contributed by atoms with van der Waals surface area (Å²) in [4.78, 5) is 17.0. The summed E-state index contributed by atoms with van der Waals surface area (Å²) in [5.41, 5.74) is 2.54. The van der Waals surface area contributed by atoms with Crippen molar-refractivity contribution in [2.45, 2.75) is 32.9 Å². The molecule has 0 bridgehead atoms. The molecule has 1 aliphatic heterocycles. The molecular weight excluding hydrogens is 324 g/mol. The van der Waals surface area contributed by atoms with Gasteiger partial charge in [0.2, 0.25) is 0 Å². The minimum Gasteiger partial charge on any atom is -0.481 e. The van der Waals surface area contributed by atoms with Crippen LogP contribution in [0.2, 0.25) is 0 Å². The Balaban J connectivity index is 1.49. The molecular formula is C22H28N2O2. The Morgan fingerprint density at radius 3 is 2.38 bits per heavy atom. The van der Waals surface area contributed by atoms with E-state index in [1.54, 1.807) is 0 Å². The predicted molar refractivity (Wildman–Crippen MR) is 104 cm³/mol. The molecule has 4 heteroatoms. The third kappa shape index (κ3) is 4.85. The van der Waals surface area contributed by atoms with Crippen LogP contribution in [0.15, 0.2) is 54.6 Å². The maximum atomic E-state index is 12.7. The first kappa shape index (κ1) is 18.5. The van der Waals surface area contributed by atoms with Crippen molar-refractivity contribution in [1.29, 1.82) is 0 Å². The summed E-state index contributed by atoms with van der Waals surface area (Å²) in [7, 11) is 0. The Labute approximate surface area is 156 Å². The lowest BCUT2D eigenvalue weighted by molar-refractivity contribution is -0.139. The van der Waals surface area contributed by atoms with Gasteiger partial charge in [-0.15, -0.1) is 0 Å². The quantitative estimate of drug-likeness (QED) is 0.799. The second-order valence-corrected chi connectivity index (χ2v) is 6.85. The number of benzene rings is 2. The Bertz CT molecular complexity index is 709. The van der Waals surface area contributed by atoms with Gasteiger partial charge in [-0.1, -0.05) is 49.4 Å². The van der Waals surface area contributed by atoms with E-state index >= 15 is 0 Å². The second kappa shape index (κ2) is 8.86. The van der Waals surface area contributed by atoms with Crippen molar-refractivity contribution in [1.82, 2.24) is 9.80 Å². The third-order valence-electron chi connectivity index (χ3n) is 4.90. The molecule has 1 fully saturated rings. The molecule has 0 spiro atoms. The number of carbonyl (C=O) groups is 1. The van der Waals surface area contributed by atoms with Gasteiger partial charge in [-0.2, -0.15) is 0 Å². The molecule has 1 atom stereocenters. The molecule has 2 aromatic rings. The molecule has 26 heavy (non-hydrogen) atoms. The van der Waals surface area contributed by atoms with Gasteiger partial charge in [-0.3, -0.25) is 9.69 Å². The lowest BCUT2D eigenvalue weighted by Crippen LogP contribution is -2.51. The average molecular weight is 352 g/mol. The van der Waals surface area contributed by atoms with Gasteiger partial charge in [0.1, 0.15) is 5.75 Å². The van der Waals surface area contributed by atoms with E-state index in [-0.39, 0.29) is 5.91 Å². The zero-order valence-corrected chi connectivity index (χ0v) is 15.7. The Morgan fingerprint density at radius 1 is 1.00 bits per heavy atom. The summed E-state index contributed by atoms with van der Waals surface area (Å²) in [5.74, 6) is 0.846. The van der Waals surface area contributed by atoms with Gasteiger partial charge in [-0.25, -0.2) is 0 Å². The number of amides is 1. The number of piperazine rings is 1. The molecule has 0 aromatic heterocycles. The molecule has 0 radical (unpaired) electrons. The highest BCUT2D eigenvalue weighted by atomic mass is 16.5. The monoisotopic (exact) mass is 352 g/mol. The smallest absolute Gasteiger partial charge is 0.263 e. The van der Waals surface area contributed by atoms with Gasteiger partial charge in [-0.05, 0) is 36.6 Å². The van der Waals surface area contributed by atoms with Gasteiger partial charge in [0, 0.05) is 32.7 Å². The number of hydrogen-bond acceptors (Lipinski definition) is 3. The largest absolute Gasteiger partial charge is 0.481 e. The van der Waals surface area contributed by atoms with Crippen LogP contribution in [0.1, 0.15) is 25.0 Å². The zero-order chi connectivity index (χ0) is 18.4. The Morgan fingerprint density at radius 2 is 1.69 bits per heavy atom. The molecule has 0 N–H and O–H groups in total. The van der Waals surface area contributed by atoms with E-state index < -0.39 is 6.10 Å². The minimum absolute atomic E-state index is 0.0752. The van der Waals surface area contributed by atoms with Crippen LogP contribution in [-0.4, -0.2) is 48.0 Å².